The van der Waals surface area contributed by atoms with Crippen molar-refractivity contribution < 1.29 is 9.90 Å². The second-order valence-electron chi connectivity index (χ2n) is 6.30. The molecule has 1 aromatic rings. The molecule has 0 radical (unpaired) electrons. The minimum absolute atomic E-state index is 0.0756. The van der Waals surface area contributed by atoms with Gasteiger partial charge in [0.2, 0.25) is 0 Å². The van der Waals surface area contributed by atoms with Crippen LogP contribution in [-0.2, 0) is 0 Å². The summed E-state index contributed by atoms with van der Waals surface area (Å²) in [5.74, 6) is 0.553. The molecule has 1 saturated carbocycles. The lowest BCUT2D eigenvalue weighted by Gasteiger charge is -2.33. The SMILES string of the molecule is O=C(Nc1ccccc1)N1C[C@@H](O)C[C@@H]1C1CCCCC1. The van der Waals surface area contributed by atoms with Gasteiger partial charge in [-0.15, -0.1) is 0 Å². The normalized spacial score (nSPS) is 26.8. The van der Waals surface area contributed by atoms with Crippen LogP contribution in [0.4, 0.5) is 10.5 Å². The average Bonchev–Trinajstić information content (AvgIpc) is 2.91. The Hall–Kier alpha value is -1.55. The maximum Gasteiger partial charge on any atom is 0.322 e. The van der Waals surface area contributed by atoms with Crippen molar-refractivity contribution in [3.8, 4) is 0 Å². The zero-order valence-electron chi connectivity index (χ0n) is 12.4. The zero-order valence-corrected chi connectivity index (χ0v) is 12.4. The molecule has 0 aromatic heterocycles. The Morgan fingerprint density at radius 1 is 1.14 bits per heavy atom. The quantitative estimate of drug-likeness (QED) is 0.878. The number of carbonyl (C=O) groups is 1. The van der Waals surface area contributed by atoms with Crippen LogP contribution in [0.2, 0.25) is 0 Å². The Balaban J connectivity index is 1.67. The van der Waals surface area contributed by atoms with Gasteiger partial charge in [-0.2, -0.15) is 0 Å². The van der Waals surface area contributed by atoms with Gasteiger partial charge in [0.25, 0.3) is 0 Å². The lowest BCUT2D eigenvalue weighted by molar-refractivity contribution is 0.164. The molecule has 114 valence electrons. The van der Waals surface area contributed by atoms with Crippen LogP contribution in [0.5, 0.6) is 0 Å². The fourth-order valence-corrected chi connectivity index (χ4v) is 3.76. The van der Waals surface area contributed by atoms with Crippen molar-refractivity contribution >= 4 is 11.7 Å². The summed E-state index contributed by atoms with van der Waals surface area (Å²) in [7, 11) is 0. The van der Waals surface area contributed by atoms with Gasteiger partial charge in [0.15, 0.2) is 0 Å². The molecule has 4 heteroatoms. The van der Waals surface area contributed by atoms with E-state index < -0.39 is 0 Å². The van der Waals surface area contributed by atoms with E-state index in [1.165, 1.54) is 32.1 Å². The van der Waals surface area contributed by atoms with Gasteiger partial charge in [-0.3, -0.25) is 0 Å². The minimum Gasteiger partial charge on any atom is -0.391 e. The molecular weight excluding hydrogens is 264 g/mol. The third-order valence-electron chi connectivity index (χ3n) is 4.80. The largest absolute Gasteiger partial charge is 0.391 e. The summed E-state index contributed by atoms with van der Waals surface area (Å²) in [6.45, 7) is 0.458. The number of benzene rings is 1. The topological polar surface area (TPSA) is 52.6 Å². The molecule has 2 N–H and O–H groups in total. The van der Waals surface area contributed by atoms with E-state index in [1.54, 1.807) is 0 Å². The average molecular weight is 288 g/mol. The maximum absolute atomic E-state index is 12.5. The van der Waals surface area contributed by atoms with Crippen molar-refractivity contribution in [3.05, 3.63) is 30.3 Å². The van der Waals surface area contributed by atoms with E-state index in [2.05, 4.69) is 5.32 Å². The summed E-state index contributed by atoms with van der Waals surface area (Å²) < 4.78 is 0. The second-order valence-corrected chi connectivity index (χ2v) is 6.30. The third kappa shape index (κ3) is 3.38. The molecule has 2 amide bonds. The number of aliphatic hydroxyl groups excluding tert-OH is 1. The van der Waals surface area contributed by atoms with Gasteiger partial charge in [0.1, 0.15) is 0 Å². The van der Waals surface area contributed by atoms with Crippen molar-refractivity contribution in [2.24, 2.45) is 5.92 Å². The molecule has 1 aromatic carbocycles. The van der Waals surface area contributed by atoms with Gasteiger partial charge in [0, 0.05) is 18.3 Å². The summed E-state index contributed by atoms with van der Waals surface area (Å²) >= 11 is 0. The molecule has 1 saturated heterocycles. The molecular formula is C17H24N2O2. The van der Waals surface area contributed by atoms with E-state index in [4.69, 9.17) is 0 Å². The Labute approximate surface area is 126 Å². The van der Waals surface area contributed by atoms with E-state index >= 15 is 0 Å². The molecule has 4 nitrogen and oxygen atoms in total. The van der Waals surface area contributed by atoms with Crippen molar-refractivity contribution in [2.75, 3.05) is 11.9 Å². The van der Waals surface area contributed by atoms with Gasteiger partial charge in [-0.05, 0) is 37.3 Å². The summed E-state index contributed by atoms with van der Waals surface area (Å²) in [5, 5.41) is 12.9. The number of urea groups is 1. The van der Waals surface area contributed by atoms with Crippen molar-refractivity contribution in [1.82, 2.24) is 4.90 Å². The molecule has 1 aliphatic heterocycles. The van der Waals surface area contributed by atoms with Crippen LogP contribution in [-0.4, -0.2) is 34.7 Å². The van der Waals surface area contributed by atoms with Crippen LogP contribution < -0.4 is 5.32 Å². The third-order valence-corrected chi connectivity index (χ3v) is 4.80. The van der Waals surface area contributed by atoms with Crippen LogP contribution in [0.3, 0.4) is 0 Å². The van der Waals surface area contributed by atoms with Gasteiger partial charge in [0.05, 0.1) is 6.10 Å². The molecule has 3 rings (SSSR count). The highest BCUT2D eigenvalue weighted by atomic mass is 16.3. The number of β-amino-alcohol motifs (C(OH)–C–C–N with tert-alkyl or cyclic N) is 1. The number of aliphatic hydroxyl groups is 1. The number of likely N-dealkylation sites (tertiary alicyclic amines) is 1. The Morgan fingerprint density at radius 3 is 2.57 bits per heavy atom. The van der Waals surface area contributed by atoms with E-state index in [9.17, 15) is 9.90 Å². The van der Waals surface area contributed by atoms with Gasteiger partial charge in [-0.1, -0.05) is 37.5 Å². The highest BCUT2D eigenvalue weighted by Gasteiger charge is 2.39. The molecule has 1 heterocycles. The molecule has 0 bridgehead atoms. The minimum atomic E-state index is -0.376. The maximum atomic E-state index is 12.5. The van der Waals surface area contributed by atoms with E-state index in [-0.39, 0.29) is 18.2 Å². The molecule has 2 atom stereocenters. The van der Waals surface area contributed by atoms with E-state index in [0.717, 1.165) is 12.1 Å². The van der Waals surface area contributed by atoms with Crippen LogP contribution in [0.25, 0.3) is 0 Å². The lowest BCUT2D eigenvalue weighted by Crippen LogP contribution is -2.43. The van der Waals surface area contributed by atoms with Crippen LogP contribution in [0.15, 0.2) is 30.3 Å². The fourth-order valence-electron chi connectivity index (χ4n) is 3.76. The fraction of sp³-hybridized carbons (Fsp3) is 0.588. The smallest absolute Gasteiger partial charge is 0.322 e. The molecule has 2 fully saturated rings. The predicted octanol–water partition coefficient (Wildman–Crippen LogP) is 3.23. The number of carbonyl (C=O) groups excluding carboxylic acids is 1. The van der Waals surface area contributed by atoms with Crippen molar-refractivity contribution in [3.63, 3.8) is 0 Å². The lowest BCUT2D eigenvalue weighted by atomic mass is 9.83. The first-order valence-electron chi connectivity index (χ1n) is 8.05. The second kappa shape index (κ2) is 6.48. The van der Waals surface area contributed by atoms with Crippen LogP contribution in [0.1, 0.15) is 38.5 Å². The summed E-state index contributed by atoms with van der Waals surface area (Å²) in [5.41, 5.74) is 0.811. The predicted molar refractivity (Wildman–Crippen MR) is 83.2 cm³/mol. The highest BCUT2D eigenvalue weighted by molar-refractivity contribution is 5.89. The van der Waals surface area contributed by atoms with Crippen molar-refractivity contribution in [2.45, 2.75) is 50.7 Å². The first-order valence-corrected chi connectivity index (χ1v) is 8.05. The number of nitrogens with zero attached hydrogens (tertiary/aromatic N) is 1. The molecule has 1 aliphatic carbocycles. The molecule has 0 unspecified atom stereocenters. The highest BCUT2D eigenvalue weighted by Crippen LogP contribution is 2.34. The number of amides is 2. The number of anilines is 1. The number of hydrogen-bond donors (Lipinski definition) is 2. The van der Waals surface area contributed by atoms with Crippen molar-refractivity contribution in [1.29, 1.82) is 0 Å². The number of para-hydroxylation sites is 1. The van der Waals surface area contributed by atoms with E-state index in [0.29, 0.717) is 12.5 Å². The first-order chi connectivity index (χ1) is 10.2. The number of nitrogens with one attached hydrogen (secondary N) is 1. The Morgan fingerprint density at radius 2 is 1.86 bits per heavy atom. The molecule has 21 heavy (non-hydrogen) atoms. The number of hydrogen-bond acceptors (Lipinski definition) is 2. The van der Waals surface area contributed by atoms with Gasteiger partial charge >= 0.3 is 6.03 Å². The molecule has 2 aliphatic rings. The zero-order chi connectivity index (χ0) is 14.7. The summed E-state index contributed by atoms with van der Waals surface area (Å²) in [4.78, 5) is 14.4. The summed E-state index contributed by atoms with van der Waals surface area (Å²) in [6, 6.07) is 9.65. The van der Waals surface area contributed by atoms with Gasteiger partial charge in [-0.25, -0.2) is 4.79 Å². The Bertz CT molecular complexity index is 471. The molecule has 0 spiro atoms. The van der Waals surface area contributed by atoms with Gasteiger partial charge < -0.3 is 15.3 Å². The monoisotopic (exact) mass is 288 g/mol. The first kappa shape index (κ1) is 14.4. The van der Waals surface area contributed by atoms with Crippen LogP contribution >= 0.6 is 0 Å². The van der Waals surface area contributed by atoms with Crippen LogP contribution in [0, 0.1) is 5.92 Å². The number of rotatable bonds is 2. The standard InChI is InChI=1S/C17H24N2O2/c20-15-11-16(13-7-3-1-4-8-13)19(12-15)17(21)18-14-9-5-2-6-10-14/h2,5-6,9-10,13,15-16,20H,1,3-4,7-8,11-12H2,(H,18,21)/t15-,16+/m0/s1. The Kier molecular flexibility index (Phi) is 4.44. The van der Waals surface area contributed by atoms with E-state index in [1.807, 2.05) is 35.2 Å². The summed E-state index contributed by atoms with van der Waals surface area (Å²) in [6.07, 6.45) is 6.54.